The standard InChI is InChI=1S/C18H26N4/c1-21(15-8-17-4-9-19-10-5-17)13-3-14-22(2)16-18-6-11-20-12-7-18/h4-7,9-12H,3,8,13-16H2,1-2H3. The second kappa shape index (κ2) is 9.28. The van der Waals surface area contributed by atoms with Crippen molar-refractivity contribution >= 4 is 0 Å². The van der Waals surface area contributed by atoms with Gasteiger partial charge in [-0.05, 0) is 75.4 Å². The zero-order valence-corrected chi connectivity index (χ0v) is 13.7. The van der Waals surface area contributed by atoms with E-state index in [-0.39, 0.29) is 0 Å². The number of likely N-dealkylation sites (N-methyl/N-ethyl adjacent to an activating group) is 1. The van der Waals surface area contributed by atoms with Gasteiger partial charge in [0.2, 0.25) is 0 Å². The minimum Gasteiger partial charge on any atom is -0.306 e. The zero-order chi connectivity index (χ0) is 15.6. The van der Waals surface area contributed by atoms with Gasteiger partial charge in [-0.25, -0.2) is 0 Å². The van der Waals surface area contributed by atoms with Crippen LogP contribution in [0.2, 0.25) is 0 Å². The highest BCUT2D eigenvalue weighted by atomic mass is 15.1. The lowest BCUT2D eigenvalue weighted by Crippen LogP contribution is -2.27. The van der Waals surface area contributed by atoms with Gasteiger partial charge in [-0.2, -0.15) is 0 Å². The molecule has 0 aliphatic rings. The van der Waals surface area contributed by atoms with Crippen molar-refractivity contribution in [2.24, 2.45) is 0 Å². The summed E-state index contributed by atoms with van der Waals surface area (Å²) in [5.41, 5.74) is 2.68. The molecule has 0 aliphatic carbocycles. The first-order chi connectivity index (χ1) is 10.7. The molecule has 0 bridgehead atoms. The van der Waals surface area contributed by atoms with Crippen LogP contribution in [0.3, 0.4) is 0 Å². The van der Waals surface area contributed by atoms with E-state index in [1.54, 1.807) is 0 Å². The van der Waals surface area contributed by atoms with Crippen LogP contribution >= 0.6 is 0 Å². The first-order valence-corrected chi connectivity index (χ1v) is 7.89. The van der Waals surface area contributed by atoms with Crippen molar-refractivity contribution in [1.82, 2.24) is 19.8 Å². The molecule has 0 atom stereocenters. The summed E-state index contributed by atoms with van der Waals surface area (Å²) in [6.45, 7) is 4.33. The Morgan fingerprint density at radius 3 is 1.91 bits per heavy atom. The van der Waals surface area contributed by atoms with Crippen LogP contribution in [0.5, 0.6) is 0 Å². The number of hydrogen-bond acceptors (Lipinski definition) is 4. The van der Waals surface area contributed by atoms with Crippen LogP contribution in [0.1, 0.15) is 17.5 Å². The van der Waals surface area contributed by atoms with Crippen LogP contribution in [0.25, 0.3) is 0 Å². The zero-order valence-electron chi connectivity index (χ0n) is 13.7. The second-order valence-electron chi connectivity index (χ2n) is 5.86. The molecule has 118 valence electrons. The molecule has 22 heavy (non-hydrogen) atoms. The molecule has 4 heteroatoms. The highest BCUT2D eigenvalue weighted by molar-refractivity contribution is 5.10. The first-order valence-electron chi connectivity index (χ1n) is 7.89. The van der Waals surface area contributed by atoms with E-state index in [0.717, 1.165) is 32.6 Å². The Kier molecular flexibility index (Phi) is 7.00. The van der Waals surface area contributed by atoms with Gasteiger partial charge in [0.25, 0.3) is 0 Å². The summed E-state index contributed by atoms with van der Waals surface area (Å²) in [4.78, 5) is 12.9. The fraction of sp³-hybridized carbons (Fsp3) is 0.444. The van der Waals surface area contributed by atoms with E-state index in [9.17, 15) is 0 Å². The van der Waals surface area contributed by atoms with Crippen molar-refractivity contribution in [3.8, 4) is 0 Å². The molecule has 0 N–H and O–H groups in total. The highest BCUT2D eigenvalue weighted by Crippen LogP contribution is 2.03. The SMILES string of the molecule is CN(CCCN(C)Cc1ccncc1)CCc1ccncc1. The molecule has 2 heterocycles. The van der Waals surface area contributed by atoms with Crippen LogP contribution in [0.4, 0.5) is 0 Å². The molecule has 0 amide bonds. The summed E-state index contributed by atoms with van der Waals surface area (Å²) in [7, 11) is 4.38. The molecule has 0 saturated heterocycles. The molecule has 0 aromatic carbocycles. The maximum Gasteiger partial charge on any atom is 0.0271 e. The predicted octanol–water partition coefficient (Wildman–Crippen LogP) is 2.47. The van der Waals surface area contributed by atoms with Gasteiger partial charge in [0.1, 0.15) is 0 Å². The summed E-state index contributed by atoms with van der Waals surface area (Å²) in [5.74, 6) is 0. The molecule has 4 nitrogen and oxygen atoms in total. The first kappa shape index (κ1) is 16.6. The molecular weight excluding hydrogens is 272 g/mol. The van der Waals surface area contributed by atoms with Gasteiger partial charge >= 0.3 is 0 Å². The maximum absolute atomic E-state index is 4.05. The third kappa shape index (κ3) is 6.33. The number of hydrogen-bond donors (Lipinski definition) is 0. The van der Waals surface area contributed by atoms with Crippen LogP contribution in [0, 0.1) is 0 Å². The molecule has 0 saturated carbocycles. The number of pyridine rings is 2. The maximum atomic E-state index is 4.05. The molecule has 2 aromatic rings. The van der Waals surface area contributed by atoms with Crippen LogP contribution in [-0.2, 0) is 13.0 Å². The average Bonchev–Trinajstić information content (AvgIpc) is 2.55. The number of aromatic nitrogens is 2. The van der Waals surface area contributed by atoms with Gasteiger partial charge in [0.15, 0.2) is 0 Å². The minimum absolute atomic E-state index is 0.989. The fourth-order valence-electron chi connectivity index (χ4n) is 2.47. The Labute approximate surface area is 133 Å². The van der Waals surface area contributed by atoms with Crippen LogP contribution in [-0.4, -0.2) is 53.5 Å². The molecule has 2 aromatic heterocycles. The molecular formula is C18H26N4. The van der Waals surface area contributed by atoms with E-state index in [2.05, 4.69) is 58.1 Å². The van der Waals surface area contributed by atoms with E-state index in [1.807, 2.05) is 24.8 Å². The monoisotopic (exact) mass is 298 g/mol. The van der Waals surface area contributed by atoms with Gasteiger partial charge in [0.05, 0.1) is 0 Å². The second-order valence-corrected chi connectivity index (χ2v) is 5.86. The Hall–Kier alpha value is -1.78. The van der Waals surface area contributed by atoms with Crippen LogP contribution < -0.4 is 0 Å². The van der Waals surface area contributed by atoms with E-state index < -0.39 is 0 Å². The molecule has 2 rings (SSSR count). The Balaban J connectivity index is 1.59. The van der Waals surface area contributed by atoms with E-state index in [1.165, 1.54) is 17.5 Å². The summed E-state index contributed by atoms with van der Waals surface area (Å²) >= 11 is 0. The lowest BCUT2D eigenvalue weighted by Gasteiger charge is -2.20. The average molecular weight is 298 g/mol. The lowest BCUT2D eigenvalue weighted by atomic mass is 10.2. The topological polar surface area (TPSA) is 32.3 Å². The van der Waals surface area contributed by atoms with Gasteiger partial charge in [0, 0.05) is 37.9 Å². The quantitative estimate of drug-likeness (QED) is 0.712. The van der Waals surface area contributed by atoms with Crippen molar-refractivity contribution in [3.63, 3.8) is 0 Å². The predicted molar refractivity (Wildman–Crippen MR) is 90.6 cm³/mol. The normalized spacial score (nSPS) is 11.3. The van der Waals surface area contributed by atoms with Crippen molar-refractivity contribution in [1.29, 1.82) is 0 Å². The van der Waals surface area contributed by atoms with Crippen molar-refractivity contribution < 1.29 is 0 Å². The Bertz CT molecular complexity index is 515. The highest BCUT2D eigenvalue weighted by Gasteiger charge is 2.03. The van der Waals surface area contributed by atoms with E-state index >= 15 is 0 Å². The van der Waals surface area contributed by atoms with Gasteiger partial charge < -0.3 is 9.80 Å². The third-order valence-corrected chi connectivity index (χ3v) is 3.81. The van der Waals surface area contributed by atoms with Crippen molar-refractivity contribution in [2.45, 2.75) is 19.4 Å². The van der Waals surface area contributed by atoms with Crippen molar-refractivity contribution in [3.05, 3.63) is 60.2 Å². The number of nitrogens with zero attached hydrogens (tertiary/aromatic N) is 4. The Morgan fingerprint density at radius 1 is 0.727 bits per heavy atom. The Morgan fingerprint density at radius 2 is 1.27 bits per heavy atom. The molecule has 0 unspecified atom stereocenters. The summed E-state index contributed by atoms with van der Waals surface area (Å²) in [6.07, 6.45) is 9.72. The number of rotatable bonds is 9. The van der Waals surface area contributed by atoms with Crippen molar-refractivity contribution in [2.75, 3.05) is 33.7 Å². The molecule has 0 radical (unpaired) electrons. The summed E-state index contributed by atoms with van der Waals surface area (Å²) < 4.78 is 0. The van der Waals surface area contributed by atoms with Crippen LogP contribution in [0.15, 0.2) is 49.1 Å². The largest absolute Gasteiger partial charge is 0.306 e. The smallest absolute Gasteiger partial charge is 0.0271 e. The summed E-state index contributed by atoms with van der Waals surface area (Å²) in [5, 5.41) is 0. The summed E-state index contributed by atoms with van der Waals surface area (Å²) in [6, 6.07) is 8.35. The van der Waals surface area contributed by atoms with Gasteiger partial charge in [-0.15, -0.1) is 0 Å². The third-order valence-electron chi connectivity index (χ3n) is 3.81. The van der Waals surface area contributed by atoms with Gasteiger partial charge in [-0.1, -0.05) is 0 Å². The molecule has 0 spiro atoms. The van der Waals surface area contributed by atoms with E-state index in [0.29, 0.717) is 0 Å². The fourth-order valence-corrected chi connectivity index (χ4v) is 2.47. The lowest BCUT2D eigenvalue weighted by molar-refractivity contribution is 0.275. The van der Waals surface area contributed by atoms with E-state index in [4.69, 9.17) is 0 Å². The molecule has 0 fully saturated rings. The molecule has 0 aliphatic heterocycles. The van der Waals surface area contributed by atoms with Gasteiger partial charge in [-0.3, -0.25) is 9.97 Å². The minimum atomic E-state index is 0.989.